The maximum atomic E-state index is 12.8. The number of benzene rings is 2. The maximum absolute atomic E-state index is 12.8. The number of fused-ring (bicyclic) bond motifs is 1. The second-order valence-corrected chi connectivity index (χ2v) is 9.30. The van der Waals surface area contributed by atoms with Gasteiger partial charge in [-0.3, -0.25) is 9.71 Å². The molecule has 0 aliphatic rings. The summed E-state index contributed by atoms with van der Waals surface area (Å²) in [6.07, 6.45) is 0. The van der Waals surface area contributed by atoms with Gasteiger partial charge in [-0.1, -0.05) is 0 Å². The molecule has 0 aliphatic carbocycles. The summed E-state index contributed by atoms with van der Waals surface area (Å²) < 4.78 is 33.7. The molecule has 0 bridgehead atoms. The van der Waals surface area contributed by atoms with E-state index in [1.807, 2.05) is 38.1 Å². The monoisotopic (exact) mass is 463 g/mol. The van der Waals surface area contributed by atoms with Crippen LogP contribution in [-0.2, 0) is 10.0 Å². The Morgan fingerprint density at radius 2 is 1.61 bits per heavy atom. The lowest BCUT2D eigenvalue weighted by Gasteiger charge is -2.13. The molecular formula is C24H25N5O3S. The van der Waals surface area contributed by atoms with Crippen molar-refractivity contribution in [2.24, 2.45) is 0 Å². The first kappa shape index (κ1) is 22.5. The molecule has 0 saturated carbocycles. The van der Waals surface area contributed by atoms with E-state index in [-0.39, 0.29) is 10.7 Å². The minimum absolute atomic E-state index is 0.136. The Hall–Kier alpha value is -3.72. The van der Waals surface area contributed by atoms with E-state index in [2.05, 4.69) is 25.0 Å². The van der Waals surface area contributed by atoms with E-state index in [0.29, 0.717) is 18.1 Å². The fourth-order valence-corrected chi connectivity index (χ4v) is 4.53. The average Bonchev–Trinajstić information content (AvgIpc) is 2.73. The zero-order valence-electron chi connectivity index (χ0n) is 18.9. The summed E-state index contributed by atoms with van der Waals surface area (Å²) in [5.41, 5.74) is 4.01. The van der Waals surface area contributed by atoms with Gasteiger partial charge < -0.3 is 10.1 Å². The van der Waals surface area contributed by atoms with Gasteiger partial charge in [-0.25, -0.2) is 18.4 Å². The van der Waals surface area contributed by atoms with Gasteiger partial charge in [-0.05, 0) is 76.2 Å². The number of ether oxygens (including phenoxy) is 1. The van der Waals surface area contributed by atoms with E-state index >= 15 is 0 Å². The van der Waals surface area contributed by atoms with Gasteiger partial charge in [0, 0.05) is 34.2 Å². The van der Waals surface area contributed by atoms with Crippen molar-refractivity contribution in [2.45, 2.75) is 32.6 Å². The molecule has 0 saturated heterocycles. The fourth-order valence-electron chi connectivity index (χ4n) is 3.54. The lowest BCUT2D eigenvalue weighted by molar-refractivity contribution is 0.340. The number of anilines is 3. The molecule has 170 valence electrons. The third-order valence-electron chi connectivity index (χ3n) is 4.87. The number of rotatable bonds is 7. The first-order valence-electron chi connectivity index (χ1n) is 10.5. The van der Waals surface area contributed by atoms with Crippen LogP contribution in [0, 0.1) is 20.8 Å². The van der Waals surface area contributed by atoms with E-state index in [1.165, 1.54) is 0 Å². The highest BCUT2D eigenvalue weighted by molar-refractivity contribution is 7.92. The van der Waals surface area contributed by atoms with Crippen molar-refractivity contribution >= 4 is 38.1 Å². The minimum Gasteiger partial charge on any atom is -0.494 e. The zero-order valence-corrected chi connectivity index (χ0v) is 19.7. The van der Waals surface area contributed by atoms with Crippen molar-refractivity contribution in [1.82, 2.24) is 15.0 Å². The number of hydrogen-bond acceptors (Lipinski definition) is 7. The van der Waals surface area contributed by atoms with E-state index in [9.17, 15) is 8.42 Å². The van der Waals surface area contributed by atoms with E-state index in [4.69, 9.17) is 4.74 Å². The lowest BCUT2D eigenvalue weighted by Crippen LogP contribution is -2.14. The predicted octanol–water partition coefficient (Wildman–Crippen LogP) is 4.89. The Morgan fingerprint density at radius 3 is 2.30 bits per heavy atom. The molecule has 8 nitrogen and oxygen atoms in total. The van der Waals surface area contributed by atoms with Gasteiger partial charge >= 0.3 is 0 Å². The van der Waals surface area contributed by atoms with Gasteiger partial charge in [0.15, 0.2) is 0 Å². The molecule has 0 radical (unpaired) electrons. The molecule has 2 aromatic carbocycles. The quantitative estimate of drug-likeness (QED) is 0.402. The molecular weight excluding hydrogens is 438 g/mol. The molecule has 2 N–H and O–H groups in total. The highest BCUT2D eigenvalue weighted by atomic mass is 32.2. The number of nitrogens with one attached hydrogen (secondary N) is 2. The van der Waals surface area contributed by atoms with Gasteiger partial charge in [-0.2, -0.15) is 0 Å². The van der Waals surface area contributed by atoms with Crippen molar-refractivity contribution in [2.75, 3.05) is 16.6 Å². The van der Waals surface area contributed by atoms with Crippen LogP contribution < -0.4 is 14.8 Å². The third kappa shape index (κ3) is 5.20. The molecule has 2 heterocycles. The molecule has 0 spiro atoms. The summed E-state index contributed by atoms with van der Waals surface area (Å²) in [5.74, 6) is 1.51. The molecule has 0 atom stereocenters. The van der Waals surface area contributed by atoms with Crippen molar-refractivity contribution in [3.8, 4) is 5.75 Å². The van der Waals surface area contributed by atoms with Gasteiger partial charge in [0.1, 0.15) is 17.4 Å². The highest BCUT2D eigenvalue weighted by Gasteiger charge is 2.16. The van der Waals surface area contributed by atoms with E-state index < -0.39 is 10.0 Å². The Labute approximate surface area is 193 Å². The van der Waals surface area contributed by atoms with Gasteiger partial charge in [0.25, 0.3) is 10.0 Å². The summed E-state index contributed by atoms with van der Waals surface area (Å²) in [6, 6.07) is 15.9. The van der Waals surface area contributed by atoms with Crippen LogP contribution in [0.1, 0.15) is 24.1 Å². The Kier molecular flexibility index (Phi) is 6.15. The molecule has 2 aromatic heterocycles. The van der Waals surface area contributed by atoms with Crippen LogP contribution in [0.25, 0.3) is 10.9 Å². The van der Waals surface area contributed by atoms with Crippen LogP contribution >= 0.6 is 0 Å². The predicted molar refractivity (Wildman–Crippen MR) is 130 cm³/mol. The molecule has 0 amide bonds. The number of aromatic nitrogens is 3. The van der Waals surface area contributed by atoms with Crippen LogP contribution in [-0.4, -0.2) is 30.0 Å². The molecule has 4 rings (SSSR count). The van der Waals surface area contributed by atoms with Crippen LogP contribution in [0.4, 0.5) is 17.2 Å². The molecule has 0 fully saturated rings. The molecule has 4 aromatic rings. The van der Waals surface area contributed by atoms with Crippen LogP contribution in [0.2, 0.25) is 0 Å². The van der Waals surface area contributed by atoms with E-state index in [0.717, 1.165) is 33.7 Å². The van der Waals surface area contributed by atoms with Crippen LogP contribution in [0.5, 0.6) is 5.75 Å². The van der Waals surface area contributed by atoms with Crippen molar-refractivity contribution in [3.63, 3.8) is 0 Å². The summed E-state index contributed by atoms with van der Waals surface area (Å²) >= 11 is 0. The summed E-state index contributed by atoms with van der Waals surface area (Å²) in [6.45, 7) is 7.95. The number of pyridine rings is 1. The second-order valence-electron chi connectivity index (χ2n) is 7.62. The molecule has 0 aliphatic heterocycles. The maximum Gasteiger partial charge on any atom is 0.263 e. The fraction of sp³-hybridized carbons (Fsp3) is 0.208. The van der Waals surface area contributed by atoms with Crippen molar-refractivity contribution in [3.05, 3.63) is 71.8 Å². The largest absolute Gasteiger partial charge is 0.494 e. The molecule has 0 unspecified atom stereocenters. The topological polar surface area (TPSA) is 106 Å². The number of hydrogen-bond donors (Lipinski definition) is 2. The minimum atomic E-state index is -3.78. The lowest BCUT2D eigenvalue weighted by atomic mass is 10.1. The van der Waals surface area contributed by atoms with Crippen LogP contribution in [0.3, 0.4) is 0 Å². The second kappa shape index (κ2) is 9.03. The Bertz CT molecular complexity index is 1400. The number of aryl methyl sites for hydroxylation is 3. The normalized spacial score (nSPS) is 11.4. The molecule has 33 heavy (non-hydrogen) atoms. The number of nitrogens with zero attached hydrogens (tertiary/aromatic N) is 3. The zero-order chi connectivity index (χ0) is 23.6. The first-order valence-corrected chi connectivity index (χ1v) is 12.0. The summed E-state index contributed by atoms with van der Waals surface area (Å²) in [7, 11) is -3.78. The summed E-state index contributed by atoms with van der Waals surface area (Å²) in [5, 5.41) is 4.29. The number of sulfonamides is 1. The first-order chi connectivity index (χ1) is 15.7. The van der Waals surface area contributed by atoms with E-state index in [1.54, 1.807) is 44.2 Å². The molecule has 9 heteroatoms. The van der Waals surface area contributed by atoms with Crippen molar-refractivity contribution in [1.29, 1.82) is 0 Å². The highest BCUT2D eigenvalue weighted by Crippen LogP contribution is 2.30. The van der Waals surface area contributed by atoms with Gasteiger partial charge in [-0.15, -0.1) is 0 Å². The smallest absolute Gasteiger partial charge is 0.263 e. The Balaban J connectivity index is 1.60. The third-order valence-corrected chi connectivity index (χ3v) is 6.24. The SMILES string of the molecule is CCOc1ccc2nc(C)cc(Nc3ccc(S(=O)(=O)Nc4cc(C)nc(C)n4)cc3)c2c1. The Morgan fingerprint density at radius 1 is 0.879 bits per heavy atom. The van der Waals surface area contributed by atoms with Crippen LogP contribution in [0.15, 0.2) is 59.5 Å². The van der Waals surface area contributed by atoms with Crippen molar-refractivity contribution < 1.29 is 13.2 Å². The average molecular weight is 464 g/mol. The summed E-state index contributed by atoms with van der Waals surface area (Å²) in [4.78, 5) is 13.0. The van der Waals surface area contributed by atoms with Gasteiger partial charge in [0.2, 0.25) is 0 Å². The van der Waals surface area contributed by atoms with Gasteiger partial charge in [0.05, 0.1) is 17.0 Å². The standard InChI is InChI=1S/C24H25N5O3S/c1-5-32-19-8-11-22-21(14-19)23(12-15(2)26-22)28-18-6-9-20(10-7-18)33(30,31)29-24-13-16(3)25-17(4)27-24/h6-14H,5H2,1-4H3,(H,26,28)(H,25,27,29).